The van der Waals surface area contributed by atoms with Crippen molar-refractivity contribution in [2.75, 3.05) is 38.0 Å². The Bertz CT molecular complexity index is 1130. The minimum atomic E-state index is -3.73. The summed E-state index contributed by atoms with van der Waals surface area (Å²) in [6.45, 7) is 2.19. The number of hydrogen-bond acceptors (Lipinski definition) is 5. The van der Waals surface area contributed by atoms with Crippen LogP contribution in [0.15, 0.2) is 59.5 Å². The number of sulfonamides is 1. The number of methoxy groups -OCH3 is 1. The van der Waals surface area contributed by atoms with Gasteiger partial charge < -0.3 is 14.5 Å². The van der Waals surface area contributed by atoms with Crippen molar-refractivity contribution in [2.45, 2.75) is 17.7 Å². The van der Waals surface area contributed by atoms with E-state index in [9.17, 15) is 18.0 Å². The molecule has 9 heteroatoms. The molecule has 0 unspecified atom stereocenters. The van der Waals surface area contributed by atoms with Crippen molar-refractivity contribution >= 4 is 33.6 Å². The lowest BCUT2D eigenvalue weighted by molar-refractivity contribution is -0.138. The van der Waals surface area contributed by atoms with Crippen LogP contribution in [0, 0.1) is 5.92 Å². The Morgan fingerprint density at radius 1 is 0.939 bits per heavy atom. The highest BCUT2D eigenvalue weighted by atomic mass is 32.2. The molecule has 174 valence electrons. The number of nitrogens with zero attached hydrogens (tertiary/aromatic N) is 2. The van der Waals surface area contributed by atoms with Crippen LogP contribution in [0.2, 0.25) is 0 Å². The molecule has 2 aliphatic rings. The fraction of sp³-hybridized carbons (Fsp3) is 0.333. The van der Waals surface area contributed by atoms with E-state index in [-0.39, 0.29) is 22.6 Å². The van der Waals surface area contributed by atoms with Gasteiger partial charge in [-0.15, -0.1) is 0 Å². The van der Waals surface area contributed by atoms with Crippen molar-refractivity contribution in [2.24, 2.45) is 5.92 Å². The second-order valence-electron chi connectivity index (χ2n) is 8.16. The number of rotatable bonds is 7. The lowest BCUT2D eigenvalue weighted by Gasteiger charge is -2.34. The van der Waals surface area contributed by atoms with Crippen LogP contribution < -0.4 is 9.46 Å². The minimum Gasteiger partial charge on any atom is -0.497 e. The molecule has 4 rings (SSSR count). The number of carbonyl (C=O) groups is 2. The van der Waals surface area contributed by atoms with Crippen LogP contribution in [-0.4, -0.2) is 63.3 Å². The first-order valence-corrected chi connectivity index (χ1v) is 12.4. The molecular formula is C24H27N3O5S. The number of piperazine rings is 1. The van der Waals surface area contributed by atoms with E-state index in [1.54, 1.807) is 54.5 Å². The Morgan fingerprint density at radius 3 is 2.12 bits per heavy atom. The van der Waals surface area contributed by atoms with Crippen molar-refractivity contribution in [3.8, 4) is 5.75 Å². The molecule has 33 heavy (non-hydrogen) atoms. The topological polar surface area (TPSA) is 96.0 Å². The Kier molecular flexibility index (Phi) is 6.69. The molecule has 1 N–H and O–H groups in total. The second-order valence-corrected chi connectivity index (χ2v) is 9.84. The zero-order valence-corrected chi connectivity index (χ0v) is 19.3. The van der Waals surface area contributed by atoms with Crippen LogP contribution in [0.3, 0.4) is 0 Å². The first-order chi connectivity index (χ1) is 15.9. The number of hydrogen-bond donors (Lipinski definition) is 1. The van der Waals surface area contributed by atoms with Crippen molar-refractivity contribution in [1.29, 1.82) is 0 Å². The molecule has 0 radical (unpaired) electrons. The van der Waals surface area contributed by atoms with E-state index in [1.165, 1.54) is 18.2 Å². The molecule has 1 heterocycles. The number of benzene rings is 2. The third-order valence-corrected chi connectivity index (χ3v) is 7.18. The summed E-state index contributed by atoms with van der Waals surface area (Å²) in [5.41, 5.74) is 1.15. The summed E-state index contributed by atoms with van der Waals surface area (Å²) in [5.74, 6) is 0.933. The van der Waals surface area contributed by atoms with E-state index < -0.39 is 10.0 Å². The van der Waals surface area contributed by atoms with Crippen LogP contribution in [0.5, 0.6) is 5.75 Å². The monoisotopic (exact) mass is 469 g/mol. The van der Waals surface area contributed by atoms with E-state index in [2.05, 4.69) is 4.72 Å². The summed E-state index contributed by atoms with van der Waals surface area (Å²) < 4.78 is 32.8. The van der Waals surface area contributed by atoms with Gasteiger partial charge in [0.25, 0.3) is 10.0 Å². The summed E-state index contributed by atoms with van der Waals surface area (Å²) in [6, 6.07) is 12.9. The van der Waals surface area contributed by atoms with E-state index in [4.69, 9.17) is 4.74 Å². The van der Waals surface area contributed by atoms with Crippen LogP contribution in [0.25, 0.3) is 6.08 Å². The third kappa shape index (κ3) is 5.73. The molecule has 0 spiro atoms. The number of ether oxygens (including phenoxy) is 1. The number of amides is 2. The van der Waals surface area contributed by atoms with Gasteiger partial charge in [-0.2, -0.15) is 0 Å². The van der Waals surface area contributed by atoms with Gasteiger partial charge in [0.1, 0.15) is 5.75 Å². The first-order valence-electron chi connectivity index (χ1n) is 10.9. The highest BCUT2D eigenvalue weighted by molar-refractivity contribution is 7.92. The molecular weight excluding hydrogens is 442 g/mol. The Hall–Kier alpha value is -3.33. The van der Waals surface area contributed by atoms with Gasteiger partial charge in [-0.1, -0.05) is 12.1 Å². The molecule has 1 saturated carbocycles. The molecule has 0 atom stereocenters. The largest absolute Gasteiger partial charge is 0.497 e. The summed E-state index contributed by atoms with van der Waals surface area (Å²) in [5, 5.41) is 0. The maximum atomic E-state index is 12.6. The fourth-order valence-electron chi connectivity index (χ4n) is 3.64. The summed E-state index contributed by atoms with van der Waals surface area (Å²) >= 11 is 0. The van der Waals surface area contributed by atoms with Gasteiger partial charge in [0.15, 0.2) is 0 Å². The van der Waals surface area contributed by atoms with Gasteiger partial charge >= 0.3 is 0 Å². The maximum Gasteiger partial charge on any atom is 0.261 e. The third-order valence-electron chi connectivity index (χ3n) is 5.78. The number of carbonyl (C=O) groups excluding carboxylic acids is 2. The van der Waals surface area contributed by atoms with Gasteiger partial charge in [0.05, 0.1) is 12.0 Å². The Morgan fingerprint density at radius 2 is 1.55 bits per heavy atom. The van der Waals surface area contributed by atoms with Gasteiger partial charge in [0, 0.05) is 43.9 Å². The molecule has 0 aromatic heterocycles. The molecule has 2 aromatic carbocycles. The second kappa shape index (κ2) is 9.66. The standard InChI is InChI=1S/C24H27N3O5S/c1-32-21-9-7-20(8-10-21)25-33(30,31)22-11-2-18(3-12-22)4-13-23(28)26-14-16-27(17-15-26)24(29)19-5-6-19/h2-4,7-13,19,25H,5-6,14-17H2,1H3/b13-4+. The zero-order chi connectivity index (χ0) is 23.4. The van der Waals surface area contributed by atoms with Crippen molar-refractivity contribution in [1.82, 2.24) is 9.80 Å². The molecule has 2 aromatic rings. The van der Waals surface area contributed by atoms with E-state index >= 15 is 0 Å². The van der Waals surface area contributed by atoms with Crippen LogP contribution >= 0.6 is 0 Å². The molecule has 8 nitrogen and oxygen atoms in total. The fourth-order valence-corrected chi connectivity index (χ4v) is 4.70. The Labute approximate surface area is 193 Å². The number of anilines is 1. The van der Waals surface area contributed by atoms with E-state index in [0.717, 1.165) is 12.8 Å². The van der Waals surface area contributed by atoms with Crippen LogP contribution in [-0.2, 0) is 19.6 Å². The molecule has 0 bridgehead atoms. The molecule has 1 aliphatic carbocycles. The Balaban J connectivity index is 1.32. The average Bonchev–Trinajstić information content (AvgIpc) is 3.68. The SMILES string of the molecule is COc1ccc(NS(=O)(=O)c2ccc(/C=C/C(=O)N3CCN(C(=O)C4CC4)CC3)cc2)cc1. The van der Waals surface area contributed by atoms with E-state index in [0.29, 0.717) is 43.2 Å². The predicted molar refractivity (Wildman–Crippen MR) is 125 cm³/mol. The van der Waals surface area contributed by atoms with Gasteiger partial charge in [-0.05, 0) is 60.9 Å². The summed E-state index contributed by atoms with van der Waals surface area (Å²) in [7, 11) is -2.19. The summed E-state index contributed by atoms with van der Waals surface area (Å²) in [6.07, 6.45) is 5.12. The molecule has 2 amide bonds. The quantitative estimate of drug-likeness (QED) is 0.629. The summed E-state index contributed by atoms with van der Waals surface area (Å²) in [4.78, 5) is 28.3. The van der Waals surface area contributed by atoms with Crippen LogP contribution in [0.4, 0.5) is 5.69 Å². The average molecular weight is 470 g/mol. The van der Waals surface area contributed by atoms with Crippen molar-refractivity contribution in [3.05, 3.63) is 60.2 Å². The van der Waals surface area contributed by atoms with Crippen molar-refractivity contribution < 1.29 is 22.7 Å². The number of nitrogens with one attached hydrogen (secondary N) is 1. The lowest BCUT2D eigenvalue weighted by Crippen LogP contribution is -2.50. The smallest absolute Gasteiger partial charge is 0.261 e. The minimum absolute atomic E-state index is 0.119. The normalized spacial score (nSPS) is 16.6. The van der Waals surface area contributed by atoms with Gasteiger partial charge in [-0.25, -0.2) is 8.42 Å². The molecule has 1 saturated heterocycles. The maximum absolute atomic E-state index is 12.6. The highest BCUT2D eigenvalue weighted by Gasteiger charge is 2.34. The first kappa shape index (κ1) is 22.8. The highest BCUT2D eigenvalue weighted by Crippen LogP contribution is 2.31. The van der Waals surface area contributed by atoms with E-state index in [1.807, 2.05) is 4.90 Å². The molecule has 2 fully saturated rings. The van der Waals surface area contributed by atoms with Crippen molar-refractivity contribution in [3.63, 3.8) is 0 Å². The lowest BCUT2D eigenvalue weighted by atomic mass is 10.2. The van der Waals surface area contributed by atoms with Gasteiger partial charge in [-0.3, -0.25) is 14.3 Å². The zero-order valence-electron chi connectivity index (χ0n) is 18.4. The molecule has 1 aliphatic heterocycles. The van der Waals surface area contributed by atoms with Crippen LogP contribution in [0.1, 0.15) is 18.4 Å². The predicted octanol–water partition coefficient (Wildman–Crippen LogP) is 2.59. The van der Waals surface area contributed by atoms with Gasteiger partial charge in [0.2, 0.25) is 11.8 Å².